The molecule has 66 valence electrons. The average Bonchev–Trinajstić information content (AvgIpc) is 2.49. The summed E-state index contributed by atoms with van der Waals surface area (Å²) < 4.78 is 0. The van der Waals surface area contributed by atoms with Crippen LogP contribution >= 0.6 is 12.2 Å². The summed E-state index contributed by atoms with van der Waals surface area (Å²) in [7, 11) is 0. The highest BCUT2D eigenvalue weighted by molar-refractivity contribution is 7.80. The minimum atomic E-state index is 0.739. The van der Waals surface area contributed by atoms with Gasteiger partial charge in [-0.1, -0.05) is 12.2 Å². The molecule has 0 aliphatic rings. The lowest BCUT2D eigenvalue weighted by Gasteiger charge is -2.01. The Morgan fingerprint density at radius 1 is 1.38 bits per heavy atom. The van der Waals surface area contributed by atoms with Crippen molar-refractivity contribution in [3.63, 3.8) is 0 Å². The number of hydrogen-bond acceptors (Lipinski definition) is 3. The molecule has 0 bridgehead atoms. The molecule has 0 unspecified atom stereocenters. The lowest BCUT2D eigenvalue weighted by molar-refractivity contribution is 0.959. The van der Waals surface area contributed by atoms with Crippen molar-refractivity contribution in [1.82, 2.24) is 15.4 Å². The lowest BCUT2D eigenvalue weighted by Crippen LogP contribution is -2.02. The Morgan fingerprint density at radius 3 is 2.92 bits per heavy atom. The van der Waals surface area contributed by atoms with Crippen LogP contribution in [0.15, 0.2) is 18.2 Å². The van der Waals surface area contributed by atoms with Crippen molar-refractivity contribution in [2.75, 3.05) is 5.32 Å². The van der Waals surface area contributed by atoms with Gasteiger partial charge in [0, 0.05) is 5.69 Å². The molecule has 0 saturated heterocycles. The zero-order valence-electron chi connectivity index (χ0n) is 7.03. The highest BCUT2D eigenvalue weighted by Gasteiger charge is 1.98. The molecule has 13 heavy (non-hydrogen) atoms. The SMILES string of the molecule is CC(=S)Nc1ccc2n[nH]nc2c1. The van der Waals surface area contributed by atoms with Gasteiger partial charge in [0.2, 0.25) is 0 Å². The Hall–Kier alpha value is -1.49. The zero-order chi connectivity index (χ0) is 9.26. The van der Waals surface area contributed by atoms with Gasteiger partial charge in [-0.15, -0.1) is 0 Å². The molecule has 4 nitrogen and oxygen atoms in total. The maximum absolute atomic E-state index is 4.92. The third-order valence-electron chi connectivity index (χ3n) is 1.64. The van der Waals surface area contributed by atoms with E-state index in [9.17, 15) is 0 Å². The number of rotatable bonds is 1. The van der Waals surface area contributed by atoms with Crippen molar-refractivity contribution in [3.05, 3.63) is 18.2 Å². The Morgan fingerprint density at radius 2 is 2.15 bits per heavy atom. The standard InChI is InChI=1S/C8H8N4S/c1-5(13)9-6-2-3-7-8(4-6)11-12-10-7/h2-4H,1H3,(H,9,13)(H,10,11,12). The average molecular weight is 192 g/mol. The summed E-state index contributed by atoms with van der Waals surface area (Å²) in [5.41, 5.74) is 2.63. The molecule has 0 saturated carbocycles. The number of thiocarbonyl (C=S) groups is 1. The molecule has 1 heterocycles. The number of benzene rings is 1. The second-order valence-corrected chi connectivity index (χ2v) is 3.32. The number of H-pyrrole nitrogens is 1. The van der Waals surface area contributed by atoms with E-state index in [1.165, 1.54) is 0 Å². The van der Waals surface area contributed by atoms with Gasteiger partial charge in [0.25, 0.3) is 0 Å². The van der Waals surface area contributed by atoms with Crippen LogP contribution in [-0.4, -0.2) is 20.4 Å². The van der Waals surface area contributed by atoms with E-state index in [0.717, 1.165) is 21.7 Å². The van der Waals surface area contributed by atoms with E-state index in [1.807, 2.05) is 25.1 Å². The van der Waals surface area contributed by atoms with Crippen molar-refractivity contribution < 1.29 is 0 Å². The van der Waals surface area contributed by atoms with Crippen molar-refractivity contribution in [1.29, 1.82) is 0 Å². The minimum absolute atomic E-state index is 0.739. The fraction of sp³-hybridized carbons (Fsp3) is 0.125. The van der Waals surface area contributed by atoms with Crippen LogP contribution in [0.1, 0.15) is 6.92 Å². The summed E-state index contributed by atoms with van der Waals surface area (Å²) >= 11 is 4.92. The highest BCUT2D eigenvalue weighted by atomic mass is 32.1. The van der Waals surface area contributed by atoms with E-state index < -0.39 is 0 Å². The number of hydrogen-bond donors (Lipinski definition) is 2. The van der Waals surface area contributed by atoms with Crippen LogP contribution in [0.2, 0.25) is 0 Å². The zero-order valence-corrected chi connectivity index (χ0v) is 7.85. The molecule has 1 aromatic carbocycles. The first-order valence-corrected chi connectivity index (χ1v) is 4.24. The second kappa shape index (κ2) is 3.10. The first-order valence-electron chi connectivity index (χ1n) is 3.84. The molecule has 0 aliphatic carbocycles. The fourth-order valence-electron chi connectivity index (χ4n) is 1.12. The molecule has 2 rings (SSSR count). The first kappa shape index (κ1) is 8.12. The van der Waals surface area contributed by atoms with Gasteiger partial charge < -0.3 is 5.32 Å². The van der Waals surface area contributed by atoms with Gasteiger partial charge in [-0.25, -0.2) is 0 Å². The first-order chi connectivity index (χ1) is 6.25. The fourth-order valence-corrected chi connectivity index (χ4v) is 1.24. The van der Waals surface area contributed by atoms with Gasteiger partial charge >= 0.3 is 0 Å². The molecular formula is C8H8N4S. The van der Waals surface area contributed by atoms with Crippen LogP contribution in [0.25, 0.3) is 11.0 Å². The predicted octanol–water partition coefficient (Wildman–Crippen LogP) is 1.72. The number of nitrogens with zero attached hydrogens (tertiary/aromatic N) is 2. The molecule has 2 N–H and O–H groups in total. The number of fused-ring (bicyclic) bond motifs is 1. The predicted molar refractivity (Wildman–Crippen MR) is 55.8 cm³/mol. The van der Waals surface area contributed by atoms with Crippen LogP contribution in [0, 0.1) is 0 Å². The van der Waals surface area contributed by atoms with Gasteiger partial charge in [-0.2, -0.15) is 15.4 Å². The van der Waals surface area contributed by atoms with Crippen LogP contribution in [0.4, 0.5) is 5.69 Å². The van der Waals surface area contributed by atoms with Crippen LogP contribution < -0.4 is 5.32 Å². The molecule has 0 amide bonds. The minimum Gasteiger partial charge on any atom is -0.350 e. The van der Waals surface area contributed by atoms with Crippen LogP contribution in [0.3, 0.4) is 0 Å². The van der Waals surface area contributed by atoms with Gasteiger partial charge in [0.15, 0.2) is 0 Å². The van der Waals surface area contributed by atoms with E-state index in [4.69, 9.17) is 12.2 Å². The molecule has 2 aromatic rings. The van der Waals surface area contributed by atoms with Gasteiger partial charge in [-0.05, 0) is 25.1 Å². The summed E-state index contributed by atoms with van der Waals surface area (Å²) in [5, 5.41) is 13.5. The summed E-state index contributed by atoms with van der Waals surface area (Å²) in [6.07, 6.45) is 0. The smallest absolute Gasteiger partial charge is 0.115 e. The molecular weight excluding hydrogens is 184 g/mol. The molecule has 0 spiro atoms. The molecule has 0 radical (unpaired) electrons. The van der Waals surface area contributed by atoms with E-state index >= 15 is 0 Å². The highest BCUT2D eigenvalue weighted by Crippen LogP contribution is 2.14. The monoisotopic (exact) mass is 192 g/mol. The number of nitrogens with one attached hydrogen (secondary N) is 2. The molecule has 5 heteroatoms. The second-order valence-electron chi connectivity index (χ2n) is 2.71. The Balaban J connectivity index is 2.42. The molecule has 0 aliphatic heterocycles. The summed E-state index contributed by atoms with van der Waals surface area (Å²) in [6.45, 7) is 1.84. The van der Waals surface area contributed by atoms with Crippen LogP contribution in [0.5, 0.6) is 0 Å². The summed E-state index contributed by atoms with van der Waals surface area (Å²) in [6, 6.07) is 5.70. The normalized spacial score (nSPS) is 10.2. The number of aromatic amines is 1. The van der Waals surface area contributed by atoms with E-state index in [2.05, 4.69) is 20.7 Å². The van der Waals surface area contributed by atoms with E-state index in [-0.39, 0.29) is 0 Å². The lowest BCUT2D eigenvalue weighted by atomic mass is 10.3. The third kappa shape index (κ3) is 1.65. The maximum Gasteiger partial charge on any atom is 0.115 e. The maximum atomic E-state index is 4.92. The van der Waals surface area contributed by atoms with Gasteiger partial charge in [0.05, 0.1) is 4.99 Å². The molecule has 1 aromatic heterocycles. The Labute approximate surface area is 80.3 Å². The topological polar surface area (TPSA) is 53.6 Å². The largest absolute Gasteiger partial charge is 0.350 e. The van der Waals surface area contributed by atoms with Crippen molar-refractivity contribution in [2.45, 2.75) is 6.92 Å². The van der Waals surface area contributed by atoms with E-state index in [1.54, 1.807) is 0 Å². The number of anilines is 1. The molecule has 0 fully saturated rings. The van der Waals surface area contributed by atoms with Crippen molar-refractivity contribution >= 4 is 33.9 Å². The van der Waals surface area contributed by atoms with E-state index in [0.29, 0.717) is 0 Å². The Kier molecular flexibility index (Phi) is 1.94. The quantitative estimate of drug-likeness (QED) is 0.675. The van der Waals surface area contributed by atoms with Crippen molar-refractivity contribution in [2.24, 2.45) is 0 Å². The summed E-state index contributed by atoms with van der Waals surface area (Å²) in [4.78, 5) is 0.739. The van der Waals surface area contributed by atoms with Crippen molar-refractivity contribution in [3.8, 4) is 0 Å². The number of aromatic nitrogens is 3. The van der Waals surface area contributed by atoms with Gasteiger partial charge in [-0.3, -0.25) is 0 Å². The Bertz CT molecular complexity index is 448. The summed E-state index contributed by atoms with van der Waals surface area (Å²) in [5.74, 6) is 0. The molecule has 0 atom stereocenters. The van der Waals surface area contributed by atoms with Crippen LogP contribution in [-0.2, 0) is 0 Å². The third-order valence-corrected chi connectivity index (χ3v) is 1.74. The van der Waals surface area contributed by atoms with Gasteiger partial charge in [0.1, 0.15) is 11.0 Å².